The number of fused-ring (bicyclic) bond motifs is 1. The normalized spacial score (nSPS) is 12.6. The number of rotatable bonds is 24. The van der Waals surface area contributed by atoms with Crippen molar-refractivity contribution in [3.8, 4) is 23.0 Å². The van der Waals surface area contributed by atoms with Crippen LogP contribution in [0.25, 0.3) is 10.8 Å². The molecule has 7 N–H and O–H groups in total. The van der Waals surface area contributed by atoms with Crippen molar-refractivity contribution in [2.45, 2.75) is 58.8 Å². The summed E-state index contributed by atoms with van der Waals surface area (Å²) in [6, 6.07) is 32.2. The van der Waals surface area contributed by atoms with Crippen LogP contribution < -0.4 is 26.0 Å². The number of nitrogens with two attached hydrogens (primary N) is 1. The molecular formula is C59H68F3N7O10. The summed E-state index contributed by atoms with van der Waals surface area (Å²) in [5.74, 6) is -0.128. The first-order valence-electron chi connectivity index (χ1n) is 25.9. The van der Waals surface area contributed by atoms with E-state index in [0.29, 0.717) is 127 Å². The number of aryl methyl sites for hydroxylation is 1. The Morgan fingerprint density at radius 2 is 1.43 bits per heavy atom. The zero-order chi connectivity index (χ0) is 56.9. The Hall–Kier alpha value is -8.04. The second kappa shape index (κ2) is 29.6. The van der Waals surface area contributed by atoms with Gasteiger partial charge in [-0.15, -0.1) is 0 Å². The van der Waals surface area contributed by atoms with Gasteiger partial charge in [-0.2, -0.15) is 13.2 Å². The Labute approximate surface area is 457 Å². The number of urea groups is 1. The fraction of sp³-hybridized carbons (Fsp3) is 0.339. The number of carbonyl (C=O) groups is 4. The van der Waals surface area contributed by atoms with Crippen molar-refractivity contribution >= 4 is 46.6 Å². The molecule has 79 heavy (non-hydrogen) atoms. The second-order valence-corrected chi connectivity index (χ2v) is 18.8. The van der Waals surface area contributed by atoms with Crippen LogP contribution in [0.1, 0.15) is 76.8 Å². The van der Waals surface area contributed by atoms with E-state index in [0.717, 1.165) is 45.4 Å². The Bertz CT molecular complexity index is 2990. The van der Waals surface area contributed by atoms with Crippen molar-refractivity contribution in [1.29, 1.82) is 5.41 Å². The molecule has 0 bridgehead atoms. The van der Waals surface area contributed by atoms with Gasteiger partial charge in [-0.05, 0) is 107 Å². The highest BCUT2D eigenvalue weighted by molar-refractivity contribution is 6.22. The molecule has 7 rings (SSSR count). The molecule has 420 valence electrons. The highest BCUT2D eigenvalue weighted by atomic mass is 19.4. The smallest absolute Gasteiger partial charge is 0.416 e. The minimum absolute atomic E-state index is 0.0522. The number of carbonyl (C=O) groups excluding carboxylic acids is 4. The molecule has 1 saturated heterocycles. The fourth-order valence-electron chi connectivity index (χ4n) is 8.51. The van der Waals surface area contributed by atoms with Crippen LogP contribution in [0.2, 0.25) is 0 Å². The number of piperazine rings is 1. The van der Waals surface area contributed by atoms with Gasteiger partial charge in [-0.1, -0.05) is 69.3 Å². The van der Waals surface area contributed by atoms with Crippen LogP contribution in [0, 0.1) is 5.41 Å². The summed E-state index contributed by atoms with van der Waals surface area (Å²) in [4.78, 5) is 52.9. The van der Waals surface area contributed by atoms with E-state index in [4.69, 9.17) is 30.1 Å². The van der Waals surface area contributed by atoms with Crippen LogP contribution in [-0.4, -0.2) is 122 Å². The number of nitrogens with one attached hydrogen (secondary N) is 3. The lowest BCUT2D eigenvalue weighted by atomic mass is 9.98. The average Bonchev–Trinajstić information content (AvgIpc) is 3.48. The standard InChI is InChI=1S/C32H46N6O8.C27H22F3NO2/c1-23(2)26-19-27(29(41)20-28(26)40)31(33)38(32(34)43)25-5-3-24(4-6-25)21-36-9-11-37(12-10-36)30(42)7-13-44-15-17-46-18-16-45-14-8-35-22-39;1-2-18-5-3-6-19(15-18)17-31-26(32)21-9-14-24-20(16-21)7-4-8-25(24)33-23-12-10-22(11-13-23)27(28,29)30/h3-6,19-20,22-23,33,40-41H,7-18,21H2,1-2H3,(H2,34,43)(H,35,39);3-16H,2,17H2,1H3,(H,31,32). The van der Waals surface area contributed by atoms with E-state index in [9.17, 15) is 42.6 Å². The molecule has 1 fully saturated rings. The van der Waals surface area contributed by atoms with Crippen LogP contribution in [0.5, 0.6) is 23.0 Å². The Morgan fingerprint density at radius 1 is 0.772 bits per heavy atom. The highest BCUT2D eigenvalue weighted by Gasteiger charge is 2.30. The van der Waals surface area contributed by atoms with E-state index < -0.39 is 17.8 Å². The maximum atomic E-state index is 12.8. The molecule has 0 radical (unpaired) electrons. The Kier molecular flexibility index (Phi) is 22.6. The van der Waals surface area contributed by atoms with E-state index in [1.165, 1.54) is 29.8 Å². The maximum absolute atomic E-state index is 12.8. The SMILES string of the molecule is CC(C)c1cc(C(=N)N(C(N)=O)c2ccc(CN3CCN(C(=O)CCOCCOCCOCCNC=O)CC3)cc2)c(O)cc1O.CCc1cccc(CNC(=O)c2ccc3c(Oc4ccc(C(F)(F)F)cc4)cccc3c2)c1. The molecule has 0 aliphatic carbocycles. The molecule has 1 aliphatic heterocycles. The summed E-state index contributed by atoms with van der Waals surface area (Å²) >= 11 is 0. The number of benzene rings is 6. The molecule has 0 atom stereocenters. The number of nitrogens with zero attached hydrogens (tertiary/aromatic N) is 3. The largest absolute Gasteiger partial charge is 0.508 e. The van der Waals surface area contributed by atoms with Gasteiger partial charge in [0.15, 0.2) is 0 Å². The summed E-state index contributed by atoms with van der Waals surface area (Å²) < 4.78 is 60.3. The van der Waals surface area contributed by atoms with Gasteiger partial charge in [0.25, 0.3) is 5.91 Å². The third-order valence-electron chi connectivity index (χ3n) is 12.8. The minimum Gasteiger partial charge on any atom is -0.508 e. The van der Waals surface area contributed by atoms with Crippen LogP contribution in [-0.2, 0) is 49.5 Å². The number of amidine groups is 1. The van der Waals surface area contributed by atoms with Crippen molar-refractivity contribution in [2.75, 3.05) is 77.3 Å². The van der Waals surface area contributed by atoms with Gasteiger partial charge in [-0.25, -0.2) is 9.69 Å². The van der Waals surface area contributed by atoms with Crippen molar-refractivity contribution < 1.29 is 61.5 Å². The second-order valence-electron chi connectivity index (χ2n) is 18.8. The highest BCUT2D eigenvalue weighted by Crippen LogP contribution is 2.35. The Morgan fingerprint density at radius 3 is 2.08 bits per heavy atom. The number of amides is 5. The number of halogens is 3. The van der Waals surface area contributed by atoms with E-state index in [1.807, 2.05) is 49.1 Å². The maximum Gasteiger partial charge on any atom is 0.416 e. The van der Waals surface area contributed by atoms with Crippen molar-refractivity contribution in [1.82, 2.24) is 20.4 Å². The van der Waals surface area contributed by atoms with Gasteiger partial charge < -0.3 is 50.4 Å². The molecular weight excluding hydrogens is 1020 g/mol. The van der Waals surface area contributed by atoms with Crippen molar-refractivity contribution in [3.05, 3.63) is 160 Å². The molecule has 1 aliphatic rings. The average molecular weight is 1090 g/mol. The number of anilines is 1. The number of hydrogen-bond donors (Lipinski definition) is 6. The van der Waals surface area contributed by atoms with Gasteiger partial charge in [0.2, 0.25) is 12.3 Å². The van der Waals surface area contributed by atoms with Crippen LogP contribution in [0.3, 0.4) is 0 Å². The monoisotopic (exact) mass is 1090 g/mol. The number of aromatic hydroxyl groups is 2. The molecule has 0 spiro atoms. The molecule has 6 aromatic rings. The van der Waals surface area contributed by atoms with Gasteiger partial charge in [0.05, 0.1) is 62.9 Å². The zero-order valence-corrected chi connectivity index (χ0v) is 44.5. The van der Waals surface area contributed by atoms with Gasteiger partial charge in [-0.3, -0.25) is 24.7 Å². The lowest BCUT2D eigenvalue weighted by Crippen LogP contribution is -2.48. The first-order valence-corrected chi connectivity index (χ1v) is 25.9. The molecule has 0 aromatic heterocycles. The first-order chi connectivity index (χ1) is 37.9. The zero-order valence-electron chi connectivity index (χ0n) is 44.5. The van der Waals surface area contributed by atoms with Gasteiger partial charge in [0.1, 0.15) is 28.8 Å². The topological polar surface area (TPSA) is 229 Å². The lowest BCUT2D eigenvalue weighted by Gasteiger charge is -2.35. The van der Waals surface area contributed by atoms with E-state index in [-0.39, 0.29) is 40.6 Å². The summed E-state index contributed by atoms with van der Waals surface area (Å²) in [7, 11) is 0. The quantitative estimate of drug-likeness (QED) is 0.0145. The molecule has 0 unspecified atom stereocenters. The minimum atomic E-state index is -4.40. The van der Waals surface area contributed by atoms with Crippen LogP contribution in [0.4, 0.5) is 23.7 Å². The molecule has 17 nitrogen and oxygen atoms in total. The van der Waals surface area contributed by atoms with Crippen LogP contribution >= 0.6 is 0 Å². The number of primary amides is 1. The molecule has 6 aromatic carbocycles. The van der Waals surface area contributed by atoms with Gasteiger partial charge in [0, 0.05) is 62.8 Å². The van der Waals surface area contributed by atoms with E-state index in [1.54, 1.807) is 42.5 Å². The third kappa shape index (κ3) is 18.0. The predicted molar refractivity (Wildman–Crippen MR) is 295 cm³/mol. The number of alkyl halides is 3. The fourth-order valence-corrected chi connectivity index (χ4v) is 8.51. The van der Waals surface area contributed by atoms with Crippen molar-refractivity contribution in [2.24, 2.45) is 5.73 Å². The summed E-state index contributed by atoms with van der Waals surface area (Å²) in [6.07, 6.45) is -2.53. The van der Waals surface area contributed by atoms with E-state index in [2.05, 4.69) is 34.6 Å². The van der Waals surface area contributed by atoms with Crippen LogP contribution in [0.15, 0.2) is 121 Å². The number of hydrogen-bond acceptors (Lipinski definition) is 12. The molecule has 20 heteroatoms. The predicted octanol–water partition coefficient (Wildman–Crippen LogP) is 9.11. The summed E-state index contributed by atoms with van der Waals surface area (Å²) in [5, 5.41) is 36.2. The Balaban J connectivity index is 0.000000268. The molecule has 5 amide bonds. The third-order valence-corrected chi connectivity index (χ3v) is 12.8. The number of ether oxygens (including phenoxy) is 4. The molecule has 0 saturated carbocycles. The molecule has 1 heterocycles. The first kappa shape index (κ1) is 60.2. The number of phenolic OH excluding ortho intramolecular Hbond substituents is 2. The van der Waals surface area contributed by atoms with Crippen molar-refractivity contribution in [3.63, 3.8) is 0 Å². The summed E-state index contributed by atoms with van der Waals surface area (Å²) in [5.41, 5.74) is 9.66. The summed E-state index contributed by atoms with van der Waals surface area (Å²) in [6.45, 7) is 12.5. The van der Waals surface area contributed by atoms with Gasteiger partial charge >= 0.3 is 12.2 Å². The van der Waals surface area contributed by atoms with E-state index >= 15 is 0 Å². The lowest BCUT2D eigenvalue weighted by molar-refractivity contribution is -0.137. The number of phenols is 2.